The van der Waals surface area contributed by atoms with E-state index in [2.05, 4.69) is 39.4 Å². The molecule has 1 saturated carbocycles. The van der Waals surface area contributed by atoms with Crippen molar-refractivity contribution >= 4 is 34.2 Å². The van der Waals surface area contributed by atoms with Crippen LogP contribution in [-0.2, 0) is 0 Å². The normalized spacial score (nSPS) is 18.4. The minimum absolute atomic E-state index is 0.111. The number of hydrogen-bond acceptors (Lipinski definition) is 1. The van der Waals surface area contributed by atoms with Crippen LogP contribution in [0.15, 0.2) is 12.2 Å². The Kier molecular flexibility index (Phi) is 10.3. The summed E-state index contributed by atoms with van der Waals surface area (Å²) in [6.45, 7) is 5.31. The van der Waals surface area contributed by atoms with Gasteiger partial charge in [0, 0.05) is 0 Å². The predicted octanol–water partition coefficient (Wildman–Crippen LogP) is 4.17. The number of halogens is 1. The van der Waals surface area contributed by atoms with Crippen LogP contribution in [0.4, 0.5) is 0 Å². The summed E-state index contributed by atoms with van der Waals surface area (Å²) in [6, 6.07) is 0. The molecule has 0 bridgehead atoms. The van der Waals surface area contributed by atoms with Gasteiger partial charge in [-0.1, -0.05) is 43.2 Å². The molecule has 0 aromatic heterocycles. The Labute approximate surface area is 109 Å². The summed E-state index contributed by atoms with van der Waals surface area (Å²) in [5, 5.41) is 10.5. The van der Waals surface area contributed by atoms with E-state index in [1.807, 2.05) is 0 Å². The number of aliphatic hydroxyl groups excluding tert-OH is 1. The molecule has 1 nitrogen and oxygen atoms in total. The first kappa shape index (κ1) is 15.7. The lowest BCUT2D eigenvalue weighted by atomic mass is 10.1. The van der Waals surface area contributed by atoms with Crippen LogP contribution in [0.3, 0.4) is 0 Å². The summed E-state index contributed by atoms with van der Waals surface area (Å²) >= 11 is 2.50. The smallest absolute Gasteiger partial charge is 0.0636 e. The number of hydrogen-bond donors (Lipinski definition) is 1. The van der Waals surface area contributed by atoms with Crippen LogP contribution in [-0.4, -0.2) is 23.3 Å². The molecule has 0 aromatic rings. The zero-order valence-electron chi connectivity index (χ0n) is 9.84. The highest BCUT2D eigenvalue weighted by atomic mass is 127. The fourth-order valence-electron chi connectivity index (χ4n) is 1.51. The molecule has 1 atom stereocenters. The SMILES string of the molecule is C/S(I)=C\CC1CCCC1.C=C(C)CO. The third-order valence-corrected chi connectivity index (χ3v) is 4.13. The summed E-state index contributed by atoms with van der Waals surface area (Å²) in [6.07, 6.45) is 9.61. The molecule has 1 fully saturated rings. The average Bonchev–Trinajstić information content (AvgIpc) is 2.68. The van der Waals surface area contributed by atoms with Gasteiger partial charge in [-0.05, 0) is 46.7 Å². The van der Waals surface area contributed by atoms with Crippen molar-refractivity contribution in [2.75, 3.05) is 12.9 Å². The third-order valence-electron chi connectivity index (χ3n) is 2.40. The van der Waals surface area contributed by atoms with Crippen molar-refractivity contribution in [3.8, 4) is 0 Å². The first-order valence-electron chi connectivity index (χ1n) is 5.45. The highest BCUT2D eigenvalue weighted by molar-refractivity contribution is 14.2. The fraction of sp³-hybridized carbons (Fsp3) is 0.750. The van der Waals surface area contributed by atoms with E-state index in [9.17, 15) is 0 Å². The Morgan fingerprint density at radius 1 is 1.53 bits per heavy atom. The molecule has 90 valence electrons. The molecule has 0 heterocycles. The number of rotatable bonds is 3. The average molecular weight is 342 g/mol. The Hall–Kier alpha value is 0.650. The Morgan fingerprint density at radius 3 is 2.33 bits per heavy atom. The largest absolute Gasteiger partial charge is 0.392 e. The quantitative estimate of drug-likeness (QED) is 0.464. The van der Waals surface area contributed by atoms with E-state index in [0.29, 0.717) is 7.66 Å². The van der Waals surface area contributed by atoms with E-state index in [4.69, 9.17) is 5.11 Å². The molecule has 1 aliphatic carbocycles. The maximum Gasteiger partial charge on any atom is 0.0636 e. The van der Waals surface area contributed by atoms with Crippen molar-refractivity contribution in [3.63, 3.8) is 0 Å². The molecular formula is C12H23IOS. The molecule has 0 saturated heterocycles. The molecule has 0 aromatic carbocycles. The molecule has 1 N–H and O–H groups in total. The van der Waals surface area contributed by atoms with Crippen LogP contribution in [0.2, 0.25) is 0 Å². The number of aliphatic hydroxyl groups is 1. The third kappa shape index (κ3) is 10.9. The van der Waals surface area contributed by atoms with Gasteiger partial charge in [0.25, 0.3) is 0 Å². The van der Waals surface area contributed by atoms with Crippen molar-refractivity contribution in [1.82, 2.24) is 0 Å². The predicted molar refractivity (Wildman–Crippen MR) is 82.1 cm³/mol. The summed E-state index contributed by atoms with van der Waals surface area (Å²) in [7, 11) is 0.533. The van der Waals surface area contributed by atoms with Gasteiger partial charge < -0.3 is 5.11 Å². The molecule has 1 unspecified atom stereocenters. The molecule has 0 radical (unpaired) electrons. The van der Waals surface area contributed by atoms with E-state index in [0.717, 1.165) is 11.5 Å². The highest BCUT2D eigenvalue weighted by Crippen LogP contribution is 2.28. The van der Waals surface area contributed by atoms with Crippen molar-refractivity contribution in [1.29, 1.82) is 0 Å². The van der Waals surface area contributed by atoms with Gasteiger partial charge in [0.1, 0.15) is 0 Å². The van der Waals surface area contributed by atoms with Crippen LogP contribution < -0.4 is 0 Å². The first-order chi connectivity index (χ1) is 7.06. The van der Waals surface area contributed by atoms with Crippen LogP contribution >= 0.6 is 28.9 Å². The van der Waals surface area contributed by atoms with Gasteiger partial charge in [0.2, 0.25) is 0 Å². The lowest BCUT2D eigenvalue weighted by molar-refractivity contribution is 0.332. The zero-order chi connectivity index (χ0) is 11.7. The molecule has 15 heavy (non-hydrogen) atoms. The Morgan fingerprint density at radius 2 is 2.00 bits per heavy atom. The van der Waals surface area contributed by atoms with Gasteiger partial charge in [-0.3, -0.25) is 0 Å². The maximum atomic E-state index is 8.04. The molecule has 3 heteroatoms. The van der Waals surface area contributed by atoms with E-state index in [1.54, 1.807) is 6.92 Å². The van der Waals surface area contributed by atoms with Gasteiger partial charge in [-0.15, -0.1) is 7.66 Å². The molecule has 0 amide bonds. The van der Waals surface area contributed by atoms with Crippen molar-refractivity contribution in [2.24, 2.45) is 5.92 Å². The molecule has 0 spiro atoms. The topological polar surface area (TPSA) is 20.2 Å². The molecular weight excluding hydrogens is 319 g/mol. The zero-order valence-corrected chi connectivity index (χ0v) is 12.8. The van der Waals surface area contributed by atoms with Crippen LogP contribution in [0.1, 0.15) is 39.0 Å². The molecule has 1 rings (SSSR count). The van der Waals surface area contributed by atoms with Crippen LogP contribution in [0.5, 0.6) is 0 Å². The molecule has 0 aliphatic heterocycles. The van der Waals surface area contributed by atoms with E-state index in [1.165, 1.54) is 32.1 Å². The second-order valence-electron chi connectivity index (χ2n) is 4.15. The van der Waals surface area contributed by atoms with E-state index in [-0.39, 0.29) is 6.61 Å². The minimum Gasteiger partial charge on any atom is -0.392 e. The first-order valence-corrected chi connectivity index (χ1v) is 9.69. The lowest BCUT2D eigenvalue weighted by Crippen LogP contribution is -1.92. The highest BCUT2D eigenvalue weighted by Gasteiger charge is 2.12. The Balaban J connectivity index is 0.000000336. The Bertz CT molecular complexity index is 204. The van der Waals surface area contributed by atoms with Crippen molar-refractivity contribution < 1.29 is 5.11 Å². The van der Waals surface area contributed by atoms with Crippen molar-refractivity contribution in [3.05, 3.63) is 12.2 Å². The van der Waals surface area contributed by atoms with Gasteiger partial charge in [0.15, 0.2) is 0 Å². The van der Waals surface area contributed by atoms with Crippen LogP contribution in [0, 0.1) is 5.92 Å². The monoisotopic (exact) mass is 342 g/mol. The second kappa shape index (κ2) is 9.85. The summed E-state index contributed by atoms with van der Waals surface area (Å²) < 4.78 is 0. The van der Waals surface area contributed by atoms with Gasteiger partial charge in [0.05, 0.1) is 6.61 Å². The minimum atomic E-state index is 0.111. The summed E-state index contributed by atoms with van der Waals surface area (Å²) in [5.74, 6) is 1.05. The second-order valence-corrected chi connectivity index (χ2v) is 9.61. The maximum absolute atomic E-state index is 8.04. The van der Waals surface area contributed by atoms with Gasteiger partial charge in [-0.25, -0.2) is 0 Å². The van der Waals surface area contributed by atoms with Gasteiger partial charge in [-0.2, -0.15) is 0 Å². The van der Waals surface area contributed by atoms with Crippen LogP contribution in [0.25, 0.3) is 0 Å². The molecule has 1 aliphatic rings. The fourth-order valence-corrected chi connectivity index (χ4v) is 2.67. The van der Waals surface area contributed by atoms with E-state index >= 15 is 0 Å². The lowest BCUT2D eigenvalue weighted by Gasteiger charge is -2.03. The summed E-state index contributed by atoms with van der Waals surface area (Å²) in [5.41, 5.74) is 0.810. The van der Waals surface area contributed by atoms with Gasteiger partial charge >= 0.3 is 0 Å². The van der Waals surface area contributed by atoms with E-state index < -0.39 is 0 Å². The standard InChI is InChI=1S/C8H15IS.C4H8O/c1-10(9)7-6-8-4-2-3-5-8;1-4(2)3-5/h7-8H,2-6H2,1H3;5H,1,3H2,2H3. The van der Waals surface area contributed by atoms with Crippen molar-refractivity contribution in [2.45, 2.75) is 39.0 Å². The summed E-state index contributed by atoms with van der Waals surface area (Å²) in [4.78, 5) is 0.